The zero-order valence-electron chi connectivity index (χ0n) is 17.0. The first-order chi connectivity index (χ1) is 15.0. The Bertz CT molecular complexity index is 1220. The first-order valence-corrected chi connectivity index (χ1v) is 10.3. The van der Waals surface area contributed by atoms with E-state index in [0.717, 1.165) is 18.2 Å². The summed E-state index contributed by atoms with van der Waals surface area (Å²) in [5, 5.41) is 3.76. The number of carbonyl (C=O) groups excluding carboxylic acids is 2. The third kappa shape index (κ3) is 3.47. The molecular formula is C21H23N5O5. The Morgan fingerprint density at radius 2 is 2.13 bits per heavy atom. The second-order valence-electron chi connectivity index (χ2n) is 8.09. The molecule has 1 saturated heterocycles. The average Bonchev–Trinajstić information content (AvgIpc) is 3.37. The van der Waals surface area contributed by atoms with Crippen molar-refractivity contribution >= 4 is 33.9 Å². The Morgan fingerprint density at radius 1 is 1.29 bits per heavy atom. The molecule has 2 aromatic heterocycles. The van der Waals surface area contributed by atoms with E-state index in [4.69, 9.17) is 9.15 Å². The lowest BCUT2D eigenvalue weighted by Crippen LogP contribution is -2.47. The molecule has 2 fully saturated rings. The predicted octanol–water partition coefficient (Wildman–Crippen LogP) is 0.446. The second kappa shape index (κ2) is 7.78. The standard InChI is InChI=1S/C21H23N5O5/c1-30-21(29)18-13-8-11(6-7-14(13)24-25-18)23-16(27)9-26-10-22-17-12-4-2-3-5-15(12)31-19(17)20(26)28/h2-5,10-11,13-14,18,24-25H,6-9H2,1H3,(H,23,27). The van der Waals surface area contributed by atoms with Crippen LogP contribution in [0.2, 0.25) is 0 Å². The van der Waals surface area contributed by atoms with E-state index in [1.165, 1.54) is 18.0 Å². The Morgan fingerprint density at radius 3 is 2.97 bits per heavy atom. The number of aromatic nitrogens is 2. The summed E-state index contributed by atoms with van der Waals surface area (Å²) in [4.78, 5) is 41.8. The molecule has 10 nitrogen and oxygen atoms in total. The molecule has 1 amide bonds. The third-order valence-corrected chi connectivity index (χ3v) is 6.24. The van der Waals surface area contributed by atoms with Crippen LogP contribution in [-0.4, -0.2) is 46.7 Å². The summed E-state index contributed by atoms with van der Waals surface area (Å²) in [6, 6.07) is 6.95. The molecule has 1 aromatic carbocycles. The van der Waals surface area contributed by atoms with Crippen molar-refractivity contribution in [3.05, 3.63) is 40.9 Å². The number of ether oxygens (including phenoxy) is 1. The van der Waals surface area contributed by atoms with E-state index < -0.39 is 11.6 Å². The van der Waals surface area contributed by atoms with Crippen LogP contribution in [0.3, 0.4) is 0 Å². The molecule has 31 heavy (non-hydrogen) atoms. The van der Waals surface area contributed by atoms with E-state index in [2.05, 4.69) is 21.2 Å². The highest BCUT2D eigenvalue weighted by molar-refractivity contribution is 6.01. The van der Waals surface area contributed by atoms with Crippen LogP contribution in [0.25, 0.3) is 22.1 Å². The van der Waals surface area contributed by atoms with Crippen LogP contribution in [0.5, 0.6) is 0 Å². The first-order valence-electron chi connectivity index (χ1n) is 10.3. The average molecular weight is 425 g/mol. The summed E-state index contributed by atoms with van der Waals surface area (Å²) in [7, 11) is 1.37. The maximum atomic E-state index is 12.8. The van der Waals surface area contributed by atoms with E-state index in [1.54, 1.807) is 6.07 Å². The molecule has 2 aliphatic rings. The summed E-state index contributed by atoms with van der Waals surface area (Å²) < 4.78 is 11.8. The molecule has 10 heteroatoms. The minimum Gasteiger partial charge on any atom is -0.468 e. The molecule has 3 heterocycles. The van der Waals surface area contributed by atoms with Gasteiger partial charge in [-0.05, 0) is 31.4 Å². The van der Waals surface area contributed by atoms with Gasteiger partial charge in [0.1, 0.15) is 23.7 Å². The van der Waals surface area contributed by atoms with Crippen molar-refractivity contribution in [2.24, 2.45) is 5.92 Å². The topological polar surface area (TPSA) is 127 Å². The maximum Gasteiger partial charge on any atom is 0.324 e. The number of nitrogens with one attached hydrogen (secondary N) is 3. The fraction of sp³-hybridized carbons (Fsp3) is 0.429. The van der Waals surface area contributed by atoms with E-state index in [9.17, 15) is 14.4 Å². The molecule has 1 saturated carbocycles. The molecule has 1 aliphatic heterocycles. The molecule has 0 bridgehead atoms. The van der Waals surface area contributed by atoms with Gasteiger partial charge in [0, 0.05) is 23.4 Å². The van der Waals surface area contributed by atoms with Gasteiger partial charge in [0.15, 0.2) is 0 Å². The number of methoxy groups -OCH3 is 1. The fourth-order valence-corrected chi connectivity index (χ4v) is 4.70. The highest BCUT2D eigenvalue weighted by atomic mass is 16.5. The number of hydrogen-bond donors (Lipinski definition) is 3. The molecule has 0 spiro atoms. The van der Waals surface area contributed by atoms with Crippen molar-refractivity contribution in [1.82, 2.24) is 25.7 Å². The number of rotatable bonds is 4. The van der Waals surface area contributed by atoms with Crippen molar-refractivity contribution in [2.75, 3.05) is 7.11 Å². The number of hydrogen-bond acceptors (Lipinski definition) is 8. The smallest absolute Gasteiger partial charge is 0.324 e. The van der Waals surface area contributed by atoms with Gasteiger partial charge < -0.3 is 14.5 Å². The summed E-state index contributed by atoms with van der Waals surface area (Å²) >= 11 is 0. The zero-order chi connectivity index (χ0) is 21.5. The summed E-state index contributed by atoms with van der Waals surface area (Å²) in [5.74, 6) is -0.567. The zero-order valence-corrected chi connectivity index (χ0v) is 17.0. The number of para-hydroxylation sites is 1. The monoisotopic (exact) mass is 425 g/mol. The van der Waals surface area contributed by atoms with Gasteiger partial charge in [-0.15, -0.1) is 0 Å². The van der Waals surface area contributed by atoms with Crippen molar-refractivity contribution in [3.8, 4) is 0 Å². The van der Waals surface area contributed by atoms with Gasteiger partial charge in [0.2, 0.25) is 11.5 Å². The summed E-state index contributed by atoms with van der Waals surface area (Å²) in [5.41, 5.74) is 6.96. The van der Waals surface area contributed by atoms with Gasteiger partial charge in [0.05, 0.1) is 13.4 Å². The molecule has 3 N–H and O–H groups in total. The van der Waals surface area contributed by atoms with Crippen molar-refractivity contribution in [3.63, 3.8) is 0 Å². The Labute approximate surface area is 176 Å². The first kappa shape index (κ1) is 19.7. The molecular weight excluding hydrogens is 402 g/mol. The Hall–Kier alpha value is -3.24. The van der Waals surface area contributed by atoms with E-state index in [0.29, 0.717) is 17.5 Å². The number of fused-ring (bicyclic) bond motifs is 4. The normalized spacial score (nSPS) is 25.5. The van der Waals surface area contributed by atoms with Gasteiger partial charge in [-0.1, -0.05) is 12.1 Å². The van der Waals surface area contributed by atoms with E-state index in [-0.39, 0.29) is 42.0 Å². The second-order valence-corrected chi connectivity index (χ2v) is 8.09. The lowest BCUT2D eigenvalue weighted by molar-refractivity contribution is -0.144. The van der Waals surface area contributed by atoms with Gasteiger partial charge in [-0.25, -0.2) is 10.4 Å². The number of amides is 1. The summed E-state index contributed by atoms with van der Waals surface area (Å²) in [6.07, 6.45) is 3.63. The van der Waals surface area contributed by atoms with Crippen molar-refractivity contribution < 1.29 is 18.7 Å². The van der Waals surface area contributed by atoms with Gasteiger partial charge >= 0.3 is 5.97 Å². The number of hydrazine groups is 1. The number of nitrogens with zero attached hydrogens (tertiary/aromatic N) is 2. The SMILES string of the molecule is COC(=O)C1NNC2CCC(NC(=O)Cn3cnc4c(oc5ccccc54)c3=O)CC21. The van der Waals surface area contributed by atoms with Crippen LogP contribution in [0.4, 0.5) is 0 Å². The van der Waals surface area contributed by atoms with Gasteiger partial charge in [-0.3, -0.25) is 24.4 Å². The molecule has 1 aliphatic carbocycles. The minimum absolute atomic E-state index is 0.0304. The third-order valence-electron chi connectivity index (χ3n) is 6.24. The highest BCUT2D eigenvalue weighted by Crippen LogP contribution is 2.31. The predicted molar refractivity (Wildman–Crippen MR) is 111 cm³/mol. The summed E-state index contributed by atoms with van der Waals surface area (Å²) in [6.45, 7) is -0.152. The Balaban J connectivity index is 1.29. The van der Waals surface area contributed by atoms with Crippen LogP contribution >= 0.6 is 0 Å². The number of esters is 1. The lowest BCUT2D eigenvalue weighted by Gasteiger charge is -2.32. The minimum atomic E-state index is -0.433. The molecule has 4 unspecified atom stereocenters. The number of furan rings is 1. The van der Waals surface area contributed by atoms with Crippen LogP contribution in [0.15, 0.2) is 39.8 Å². The van der Waals surface area contributed by atoms with Gasteiger partial charge in [-0.2, -0.15) is 0 Å². The van der Waals surface area contributed by atoms with Gasteiger partial charge in [0.25, 0.3) is 5.56 Å². The van der Waals surface area contributed by atoms with E-state index >= 15 is 0 Å². The number of carbonyl (C=O) groups is 2. The van der Waals surface area contributed by atoms with E-state index in [1.807, 2.05) is 18.2 Å². The molecule has 162 valence electrons. The number of benzene rings is 1. The molecule has 0 radical (unpaired) electrons. The Kier molecular flexibility index (Phi) is 4.95. The maximum absolute atomic E-state index is 12.8. The quantitative estimate of drug-likeness (QED) is 0.514. The largest absolute Gasteiger partial charge is 0.468 e. The van der Waals surface area contributed by atoms with Crippen LogP contribution in [0, 0.1) is 5.92 Å². The van der Waals surface area contributed by atoms with Crippen LogP contribution in [0.1, 0.15) is 19.3 Å². The molecule has 3 aromatic rings. The molecule has 5 rings (SSSR count). The van der Waals surface area contributed by atoms with Crippen LogP contribution in [-0.2, 0) is 20.9 Å². The van der Waals surface area contributed by atoms with Crippen LogP contribution < -0.4 is 21.7 Å². The lowest BCUT2D eigenvalue weighted by atomic mass is 9.79. The van der Waals surface area contributed by atoms with Crippen molar-refractivity contribution in [2.45, 2.75) is 43.9 Å². The fourth-order valence-electron chi connectivity index (χ4n) is 4.70. The highest BCUT2D eigenvalue weighted by Gasteiger charge is 2.44. The van der Waals surface area contributed by atoms with Crippen molar-refractivity contribution in [1.29, 1.82) is 0 Å². The molecule has 4 atom stereocenters.